The highest BCUT2D eigenvalue weighted by Gasteiger charge is 2.34. The van der Waals surface area contributed by atoms with Gasteiger partial charge in [-0.15, -0.1) is 0 Å². The van der Waals surface area contributed by atoms with E-state index in [1.807, 2.05) is 0 Å². The van der Waals surface area contributed by atoms with Gasteiger partial charge in [0.05, 0.1) is 18.2 Å². The quantitative estimate of drug-likeness (QED) is 0.198. The van der Waals surface area contributed by atoms with Gasteiger partial charge in [0.1, 0.15) is 5.57 Å². The van der Waals surface area contributed by atoms with Crippen molar-refractivity contribution in [2.24, 2.45) is 0 Å². The Balaban J connectivity index is 2.42. The van der Waals surface area contributed by atoms with Gasteiger partial charge in [0.25, 0.3) is 11.8 Å². The highest BCUT2D eigenvalue weighted by Crippen LogP contribution is 2.23. The summed E-state index contributed by atoms with van der Waals surface area (Å²) in [5.41, 5.74) is 0.0646. The summed E-state index contributed by atoms with van der Waals surface area (Å²) in [4.78, 5) is 46.7. The van der Waals surface area contributed by atoms with Gasteiger partial charge in [-0.3, -0.25) is 14.4 Å². The van der Waals surface area contributed by atoms with Crippen LogP contribution in [-0.4, -0.2) is 36.1 Å². The zero-order valence-corrected chi connectivity index (χ0v) is 9.95. The predicted octanol–water partition coefficient (Wildman–Crippen LogP) is 0.538. The number of rotatable bonds is 3. The molecule has 0 unspecified atom stereocenters. The molecule has 6 heteroatoms. The van der Waals surface area contributed by atoms with E-state index in [0.717, 1.165) is 18.2 Å². The zero-order valence-electron chi connectivity index (χ0n) is 9.95. The smallest absolute Gasteiger partial charge is 0.342 e. The summed E-state index contributed by atoms with van der Waals surface area (Å²) >= 11 is 0. The van der Waals surface area contributed by atoms with Crippen molar-refractivity contribution in [1.29, 1.82) is 0 Å². The molecule has 96 valence electrons. The van der Waals surface area contributed by atoms with Gasteiger partial charge in [-0.2, -0.15) is 0 Å². The number of methoxy groups -OCH3 is 1. The summed E-state index contributed by atoms with van der Waals surface area (Å²) in [7, 11) is 1.10. The Morgan fingerprint density at radius 3 is 2.11 bits per heavy atom. The van der Waals surface area contributed by atoms with Gasteiger partial charge in [0, 0.05) is 6.20 Å². The topological polar surface area (TPSA) is 80.8 Å². The molecule has 2 rings (SSSR count). The Kier molecular flexibility index (Phi) is 3.24. The maximum absolute atomic E-state index is 12.0. The summed E-state index contributed by atoms with van der Waals surface area (Å²) in [5.74, 6) is -2.07. The molecule has 0 radical (unpaired) electrons. The van der Waals surface area contributed by atoms with Crippen LogP contribution in [0.3, 0.4) is 0 Å². The molecular formula is C13H9NO5. The van der Waals surface area contributed by atoms with E-state index < -0.39 is 23.4 Å². The van der Waals surface area contributed by atoms with E-state index in [-0.39, 0.29) is 17.4 Å². The number of ether oxygens (including phenoxy) is 1. The standard InChI is InChI=1S/C13H9NO5/c1-19-13(18)8(7-15)6-14-11(16)9-4-2-3-5-10(9)12(14)17/h2-7H,1H3/b8-6-. The Labute approximate surface area is 108 Å². The van der Waals surface area contributed by atoms with Gasteiger partial charge in [-0.05, 0) is 12.1 Å². The van der Waals surface area contributed by atoms with E-state index in [9.17, 15) is 19.2 Å². The van der Waals surface area contributed by atoms with Gasteiger partial charge in [0.15, 0.2) is 6.29 Å². The number of fused-ring (bicyclic) bond motifs is 1. The molecule has 0 atom stereocenters. The molecule has 1 aromatic rings. The minimum absolute atomic E-state index is 0.232. The lowest BCUT2D eigenvalue weighted by Gasteiger charge is -2.08. The minimum atomic E-state index is -0.911. The van der Waals surface area contributed by atoms with Crippen LogP contribution in [0.5, 0.6) is 0 Å². The third-order valence-corrected chi connectivity index (χ3v) is 2.64. The second kappa shape index (κ2) is 4.85. The number of esters is 1. The molecule has 0 aromatic heterocycles. The predicted molar refractivity (Wildman–Crippen MR) is 63.1 cm³/mol. The SMILES string of the molecule is COC(=O)/C(C=O)=C\N1C(=O)c2ccccc2C1=O. The molecule has 0 saturated carbocycles. The van der Waals surface area contributed by atoms with Gasteiger partial charge < -0.3 is 4.74 Å². The number of carbonyl (C=O) groups excluding carboxylic acids is 4. The molecule has 1 aliphatic rings. The number of benzene rings is 1. The second-order valence-corrected chi connectivity index (χ2v) is 3.72. The van der Waals surface area contributed by atoms with E-state index in [0.29, 0.717) is 0 Å². The van der Waals surface area contributed by atoms with Crippen LogP contribution in [0.2, 0.25) is 0 Å². The minimum Gasteiger partial charge on any atom is -0.465 e. The van der Waals surface area contributed by atoms with Crippen molar-refractivity contribution in [2.75, 3.05) is 7.11 Å². The molecule has 1 aliphatic heterocycles. The Hall–Kier alpha value is -2.76. The monoisotopic (exact) mass is 259 g/mol. The Morgan fingerprint density at radius 1 is 1.16 bits per heavy atom. The Bertz CT molecular complexity index is 582. The van der Waals surface area contributed by atoms with Crippen LogP contribution in [-0.2, 0) is 14.3 Å². The van der Waals surface area contributed by atoms with Crippen molar-refractivity contribution in [3.05, 3.63) is 47.2 Å². The van der Waals surface area contributed by atoms with E-state index in [1.54, 1.807) is 12.1 Å². The first-order valence-corrected chi connectivity index (χ1v) is 5.32. The molecule has 0 spiro atoms. The zero-order chi connectivity index (χ0) is 14.0. The van der Waals surface area contributed by atoms with E-state index in [4.69, 9.17) is 0 Å². The largest absolute Gasteiger partial charge is 0.465 e. The van der Waals surface area contributed by atoms with Crippen LogP contribution in [0, 0.1) is 0 Å². The Morgan fingerprint density at radius 2 is 1.68 bits per heavy atom. The maximum atomic E-state index is 12.0. The molecule has 0 bridgehead atoms. The first-order valence-electron chi connectivity index (χ1n) is 5.32. The number of amides is 2. The van der Waals surface area contributed by atoms with Gasteiger partial charge in [-0.1, -0.05) is 12.1 Å². The van der Waals surface area contributed by atoms with Crippen molar-refractivity contribution in [3.8, 4) is 0 Å². The lowest BCUT2D eigenvalue weighted by atomic mass is 10.1. The molecule has 0 aliphatic carbocycles. The summed E-state index contributed by atoms with van der Waals surface area (Å²) in [6.07, 6.45) is 1.12. The molecule has 2 amide bonds. The molecule has 6 nitrogen and oxygen atoms in total. The summed E-state index contributed by atoms with van der Waals surface area (Å²) in [5, 5.41) is 0. The van der Waals surface area contributed by atoms with E-state index >= 15 is 0 Å². The van der Waals surface area contributed by atoms with Gasteiger partial charge >= 0.3 is 5.97 Å². The number of hydrogen-bond donors (Lipinski definition) is 0. The van der Waals surface area contributed by atoms with Crippen LogP contribution < -0.4 is 0 Å². The van der Waals surface area contributed by atoms with E-state index in [1.165, 1.54) is 12.1 Å². The molecule has 0 fully saturated rings. The number of carbonyl (C=O) groups is 4. The van der Waals surface area contributed by atoms with Gasteiger partial charge in [-0.25, -0.2) is 9.69 Å². The lowest BCUT2D eigenvalue weighted by molar-refractivity contribution is -0.136. The normalized spacial score (nSPS) is 14.4. The van der Waals surface area contributed by atoms with Crippen molar-refractivity contribution in [2.45, 2.75) is 0 Å². The maximum Gasteiger partial charge on any atom is 0.342 e. The number of nitrogens with zero attached hydrogens (tertiary/aromatic N) is 1. The third kappa shape index (κ3) is 2.03. The molecule has 1 aromatic carbocycles. The van der Waals surface area contributed by atoms with Crippen molar-refractivity contribution < 1.29 is 23.9 Å². The van der Waals surface area contributed by atoms with Crippen molar-refractivity contribution >= 4 is 24.1 Å². The molecule has 0 N–H and O–H groups in total. The molecule has 19 heavy (non-hydrogen) atoms. The molecular weight excluding hydrogens is 250 g/mol. The fourth-order valence-electron chi connectivity index (χ4n) is 1.71. The fourth-order valence-corrected chi connectivity index (χ4v) is 1.71. The summed E-state index contributed by atoms with van der Waals surface area (Å²) in [6.45, 7) is 0. The number of imide groups is 1. The van der Waals surface area contributed by atoms with Crippen molar-refractivity contribution in [1.82, 2.24) is 4.90 Å². The van der Waals surface area contributed by atoms with Crippen molar-refractivity contribution in [3.63, 3.8) is 0 Å². The van der Waals surface area contributed by atoms with Crippen LogP contribution in [0.25, 0.3) is 0 Å². The molecule has 1 heterocycles. The highest BCUT2D eigenvalue weighted by molar-refractivity contribution is 6.22. The fraction of sp³-hybridized carbons (Fsp3) is 0.0769. The van der Waals surface area contributed by atoms with Crippen LogP contribution >= 0.6 is 0 Å². The first-order chi connectivity index (χ1) is 9.10. The van der Waals surface area contributed by atoms with Gasteiger partial charge in [0.2, 0.25) is 0 Å². The van der Waals surface area contributed by atoms with Crippen LogP contribution in [0.4, 0.5) is 0 Å². The summed E-state index contributed by atoms with van der Waals surface area (Å²) < 4.78 is 4.37. The average molecular weight is 259 g/mol. The molecule has 0 saturated heterocycles. The number of hydrogen-bond acceptors (Lipinski definition) is 5. The third-order valence-electron chi connectivity index (χ3n) is 2.64. The first kappa shape index (κ1) is 12.7. The summed E-state index contributed by atoms with van der Waals surface area (Å²) in [6, 6.07) is 6.25. The second-order valence-electron chi connectivity index (χ2n) is 3.72. The lowest BCUT2D eigenvalue weighted by Crippen LogP contribution is -2.25. The van der Waals surface area contributed by atoms with Crippen LogP contribution in [0.1, 0.15) is 20.7 Å². The van der Waals surface area contributed by atoms with Crippen LogP contribution in [0.15, 0.2) is 36.0 Å². The highest BCUT2D eigenvalue weighted by atomic mass is 16.5. The average Bonchev–Trinajstić information content (AvgIpc) is 2.68. The number of aldehydes is 1. The van der Waals surface area contributed by atoms with E-state index in [2.05, 4.69) is 4.74 Å².